The number of hydrogen-bond acceptors (Lipinski definition) is 4. The maximum atomic E-state index is 13.1. The smallest absolute Gasteiger partial charge is 0.372 e. The number of halogens is 3. The van der Waals surface area contributed by atoms with Crippen LogP contribution in [0.2, 0.25) is 0 Å². The number of pyridine rings is 1. The molecule has 1 aromatic carbocycles. The van der Waals surface area contributed by atoms with Gasteiger partial charge in [0.15, 0.2) is 9.84 Å². The summed E-state index contributed by atoms with van der Waals surface area (Å²) in [4.78, 5) is 3.88. The summed E-state index contributed by atoms with van der Waals surface area (Å²) >= 11 is 0. The minimum atomic E-state index is -4.60. The van der Waals surface area contributed by atoms with Gasteiger partial charge in [-0.25, -0.2) is 8.42 Å². The highest BCUT2D eigenvalue weighted by Crippen LogP contribution is 2.42. The van der Waals surface area contributed by atoms with Crippen LogP contribution in [0, 0.1) is 0 Å². The molecule has 1 saturated heterocycles. The molecule has 8 heteroatoms. The zero-order valence-electron chi connectivity index (χ0n) is 14.0. The van der Waals surface area contributed by atoms with Crippen LogP contribution in [-0.2, 0) is 20.8 Å². The Morgan fingerprint density at radius 3 is 2.62 bits per heavy atom. The number of nitrogens with zero attached hydrogens (tertiary/aromatic N) is 1. The molecule has 0 saturated carbocycles. The van der Waals surface area contributed by atoms with Crippen molar-refractivity contribution in [1.29, 1.82) is 0 Å². The molecular formula is C18H18F3NO3S. The Labute approximate surface area is 149 Å². The predicted octanol–water partition coefficient (Wildman–Crippen LogP) is 4.18. The van der Waals surface area contributed by atoms with Crippen molar-refractivity contribution in [2.45, 2.75) is 41.7 Å². The molecule has 2 unspecified atom stereocenters. The van der Waals surface area contributed by atoms with E-state index in [4.69, 9.17) is 4.74 Å². The van der Waals surface area contributed by atoms with Gasteiger partial charge in [0.1, 0.15) is 6.10 Å². The van der Waals surface area contributed by atoms with Crippen LogP contribution in [0.5, 0.6) is 0 Å². The minimum Gasteiger partial charge on any atom is -0.372 e. The lowest BCUT2D eigenvalue weighted by molar-refractivity contribution is -0.137. The minimum absolute atomic E-state index is 0.128. The van der Waals surface area contributed by atoms with Gasteiger partial charge in [0, 0.05) is 12.8 Å². The van der Waals surface area contributed by atoms with E-state index in [1.165, 1.54) is 6.07 Å². The Hall–Kier alpha value is -1.93. The third-order valence-corrected chi connectivity index (χ3v) is 7.25. The van der Waals surface area contributed by atoms with Crippen LogP contribution in [0.3, 0.4) is 0 Å². The van der Waals surface area contributed by atoms with Crippen LogP contribution in [0.15, 0.2) is 53.6 Å². The van der Waals surface area contributed by atoms with E-state index in [0.29, 0.717) is 11.8 Å². The molecule has 0 radical (unpaired) electrons. The molecule has 2 aromatic rings. The zero-order chi connectivity index (χ0) is 19.0. The van der Waals surface area contributed by atoms with Crippen LogP contribution in [0.1, 0.15) is 37.1 Å². The number of hydrogen-bond donors (Lipinski definition) is 0. The van der Waals surface area contributed by atoms with Crippen molar-refractivity contribution in [3.63, 3.8) is 0 Å². The molecule has 0 N–H and O–H groups in total. The first-order valence-corrected chi connectivity index (χ1v) is 9.56. The second-order valence-electron chi connectivity index (χ2n) is 6.55. The number of ether oxygens (including phenoxy) is 1. The third kappa shape index (κ3) is 3.48. The molecule has 140 valence electrons. The second-order valence-corrected chi connectivity index (χ2v) is 9.01. The maximum Gasteiger partial charge on any atom is 0.416 e. The summed E-state index contributed by atoms with van der Waals surface area (Å²) in [5.74, 6) is 0. The molecule has 1 aliphatic rings. The van der Waals surface area contributed by atoms with Gasteiger partial charge in [0.05, 0.1) is 20.9 Å². The van der Waals surface area contributed by atoms with E-state index < -0.39 is 32.4 Å². The Morgan fingerprint density at radius 1 is 1.19 bits per heavy atom. The molecule has 4 nitrogen and oxygen atoms in total. The van der Waals surface area contributed by atoms with E-state index in [2.05, 4.69) is 4.98 Å². The van der Waals surface area contributed by atoms with Gasteiger partial charge < -0.3 is 4.74 Å². The van der Waals surface area contributed by atoms with Crippen molar-refractivity contribution in [2.75, 3.05) is 6.61 Å². The van der Waals surface area contributed by atoms with Gasteiger partial charge in [-0.2, -0.15) is 13.2 Å². The van der Waals surface area contributed by atoms with Crippen molar-refractivity contribution in [2.24, 2.45) is 0 Å². The Bertz CT molecular complexity index is 884. The second kappa shape index (κ2) is 6.66. The maximum absolute atomic E-state index is 13.1. The number of sulfone groups is 1. The summed E-state index contributed by atoms with van der Waals surface area (Å²) in [6, 6.07) is 9.15. The van der Waals surface area contributed by atoms with Crippen LogP contribution in [0.25, 0.3) is 0 Å². The van der Waals surface area contributed by atoms with Crippen LogP contribution >= 0.6 is 0 Å². The van der Waals surface area contributed by atoms with Gasteiger partial charge in [0.2, 0.25) is 0 Å². The van der Waals surface area contributed by atoms with E-state index in [1.807, 2.05) is 0 Å². The lowest BCUT2D eigenvalue weighted by atomic mass is 9.94. The number of aromatic nitrogens is 1. The molecule has 2 heterocycles. The Morgan fingerprint density at radius 2 is 1.96 bits per heavy atom. The summed E-state index contributed by atoms with van der Waals surface area (Å²) in [7, 11) is -3.99. The molecular weight excluding hydrogens is 367 g/mol. The topological polar surface area (TPSA) is 56.3 Å². The molecule has 1 aliphatic heterocycles. The van der Waals surface area contributed by atoms with Gasteiger partial charge >= 0.3 is 6.18 Å². The quantitative estimate of drug-likeness (QED) is 0.795. The van der Waals surface area contributed by atoms with Crippen LogP contribution < -0.4 is 0 Å². The summed E-state index contributed by atoms with van der Waals surface area (Å²) in [5.41, 5.74) is -0.367. The van der Waals surface area contributed by atoms with Crippen LogP contribution in [0.4, 0.5) is 13.2 Å². The highest BCUT2D eigenvalue weighted by atomic mass is 32.2. The standard InChI is InChI=1S/C18H18F3NO3S/c1-17(8-10-25-16(12-17)15-7-2-3-9-22-15)26(23,24)14-6-4-5-13(11-14)18(19,20)21/h2-7,9,11,16H,8,10,12H2,1H3. The molecule has 26 heavy (non-hydrogen) atoms. The monoisotopic (exact) mass is 385 g/mol. The molecule has 0 bridgehead atoms. The van der Waals surface area contributed by atoms with E-state index in [1.54, 1.807) is 31.3 Å². The van der Waals surface area contributed by atoms with Crippen molar-refractivity contribution < 1.29 is 26.3 Å². The van der Waals surface area contributed by atoms with E-state index in [9.17, 15) is 21.6 Å². The SMILES string of the molecule is CC1(S(=O)(=O)c2cccc(C(F)(F)F)c2)CCOC(c2ccccn2)C1. The van der Waals surface area contributed by atoms with Crippen LogP contribution in [-0.4, -0.2) is 24.8 Å². The molecule has 3 rings (SSSR count). The lowest BCUT2D eigenvalue weighted by Gasteiger charge is -2.37. The molecule has 0 amide bonds. The van der Waals surface area contributed by atoms with Gasteiger partial charge in [-0.15, -0.1) is 0 Å². The first-order chi connectivity index (χ1) is 12.1. The fourth-order valence-electron chi connectivity index (χ4n) is 3.09. The van der Waals surface area contributed by atoms with Gasteiger partial charge in [-0.3, -0.25) is 4.98 Å². The summed E-state index contributed by atoms with van der Waals surface area (Å²) < 4.78 is 69.5. The summed E-state index contributed by atoms with van der Waals surface area (Å²) in [5, 5.41) is 0. The average molecular weight is 385 g/mol. The van der Waals surface area contributed by atoms with Gasteiger partial charge in [-0.05, 0) is 50.1 Å². The molecule has 1 fully saturated rings. The number of alkyl halides is 3. The normalized spacial score (nSPS) is 24.4. The molecule has 2 atom stereocenters. The van der Waals surface area contributed by atoms with E-state index in [-0.39, 0.29) is 24.3 Å². The Kier molecular flexibility index (Phi) is 4.83. The first kappa shape index (κ1) is 18.8. The fraction of sp³-hybridized carbons (Fsp3) is 0.389. The molecule has 1 aromatic heterocycles. The highest BCUT2D eigenvalue weighted by Gasteiger charge is 2.46. The van der Waals surface area contributed by atoms with Crippen molar-refractivity contribution in [1.82, 2.24) is 4.98 Å². The van der Waals surface area contributed by atoms with E-state index in [0.717, 1.165) is 12.1 Å². The highest BCUT2D eigenvalue weighted by molar-refractivity contribution is 7.92. The lowest BCUT2D eigenvalue weighted by Crippen LogP contribution is -2.42. The van der Waals surface area contributed by atoms with Crippen molar-refractivity contribution in [3.8, 4) is 0 Å². The fourth-order valence-corrected chi connectivity index (χ4v) is 4.93. The Balaban J connectivity index is 1.95. The summed E-state index contributed by atoms with van der Waals surface area (Å²) in [6.07, 6.45) is -3.20. The van der Waals surface area contributed by atoms with Gasteiger partial charge in [-0.1, -0.05) is 12.1 Å². The summed E-state index contributed by atoms with van der Waals surface area (Å²) in [6.45, 7) is 1.75. The zero-order valence-corrected chi connectivity index (χ0v) is 14.8. The van der Waals surface area contributed by atoms with E-state index >= 15 is 0 Å². The largest absolute Gasteiger partial charge is 0.416 e. The third-order valence-electron chi connectivity index (χ3n) is 4.71. The number of rotatable bonds is 3. The van der Waals surface area contributed by atoms with Crippen molar-refractivity contribution in [3.05, 3.63) is 59.9 Å². The first-order valence-electron chi connectivity index (χ1n) is 8.08. The molecule has 0 aliphatic carbocycles. The van der Waals surface area contributed by atoms with Gasteiger partial charge in [0.25, 0.3) is 0 Å². The average Bonchev–Trinajstić information content (AvgIpc) is 2.62. The molecule has 0 spiro atoms. The van der Waals surface area contributed by atoms with Crippen molar-refractivity contribution >= 4 is 9.84 Å². The number of benzene rings is 1. The predicted molar refractivity (Wildman–Crippen MR) is 89.2 cm³/mol.